The molecule has 0 amide bonds. The monoisotopic (exact) mass is 234 g/mol. The fourth-order valence-electron chi connectivity index (χ4n) is 2.25. The molecule has 1 N–H and O–H groups in total. The first kappa shape index (κ1) is 14.0. The van der Waals surface area contributed by atoms with Gasteiger partial charge in [0.05, 0.1) is 0 Å². The van der Waals surface area contributed by atoms with Crippen molar-refractivity contribution in [2.75, 3.05) is 18.5 Å². The van der Waals surface area contributed by atoms with E-state index < -0.39 is 0 Å². The van der Waals surface area contributed by atoms with E-state index in [1.807, 2.05) is 7.05 Å². The number of aryl methyl sites for hydroxylation is 1. The second kappa shape index (κ2) is 6.65. The molecule has 0 bridgehead atoms. The highest BCUT2D eigenvalue weighted by Gasteiger charge is 2.11. The third-order valence-corrected chi connectivity index (χ3v) is 3.04. The van der Waals surface area contributed by atoms with Crippen LogP contribution in [-0.2, 0) is 6.54 Å². The summed E-state index contributed by atoms with van der Waals surface area (Å²) in [7, 11) is 1.99. The molecule has 0 heterocycles. The van der Waals surface area contributed by atoms with Crippen LogP contribution in [0.1, 0.15) is 38.3 Å². The van der Waals surface area contributed by atoms with Gasteiger partial charge in [0.2, 0.25) is 0 Å². The zero-order chi connectivity index (χ0) is 12.8. The highest BCUT2D eigenvalue weighted by atomic mass is 15.1. The fourth-order valence-corrected chi connectivity index (χ4v) is 2.25. The van der Waals surface area contributed by atoms with E-state index in [0.717, 1.165) is 13.1 Å². The first-order valence-corrected chi connectivity index (χ1v) is 6.60. The van der Waals surface area contributed by atoms with Gasteiger partial charge in [-0.2, -0.15) is 0 Å². The first-order chi connectivity index (χ1) is 8.10. The molecule has 0 saturated carbocycles. The van der Waals surface area contributed by atoms with Crippen LogP contribution in [0, 0.1) is 6.92 Å². The second-order valence-corrected chi connectivity index (χ2v) is 4.94. The predicted octanol–water partition coefficient (Wildman–Crippen LogP) is 3.34. The van der Waals surface area contributed by atoms with E-state index in [4.69, 9.17) is 0 Å². The van der Waals surface area contributed by atoms with Gasteiger partial charge in [0.1, 0.15) is 0 Å². The van der Waals surface area contributed by atoms with Crippen molar-refractivity contribution in [2.24, 2.45) is 0 Å². The number of nitrogens with one attached hydrogen (secondary N) is 1. The lowest BCUT2D eigenvalue weighted by Gasteiger charge is -2.30. The molecule has 0 radical (unpaired) electrons. The minimum Gasteiger partial charge on any atom is -0.369 e. The van der Waals surface area contributed by atoms with Gasteiger partial charge in [0.25, 0.3) is 0 Å². The maximum Gasteiger partial charge on any atom is 0.0398 e. The van der Waals surface area contributed by atoms with Crippen LogP contribution >= 0.6 is 0 Å². The Hall–Kier alpha value is -1.02. The second-order valence-electron chi connectivity index (χ2n) is 4.94. The van der Waals surface area contributed by atoms with Crippen LogP contribution in [0.3, 0.4) is 0 Å². The van der Waals surface area contributed by atoms with Crippen molar-refractivity contribution in [2.45, 2.75) is 46.7 Å². The Morgan fingerprint density at radius 2 is 2.00 bits per heavy atom. The Kier molecular flexibility index (Phi) is 5.49. The fraction of sp³-hybridized carbons (Fsp3) is 0.600. The van der Waals surface area contributed by atoms with E-state index in [1.165, 1.54) is 23.2 Å². The van der Waals surface area contributed by atoms with Gasteiger partial charge in [-0.25, -0.2) is 0 Å². The Morgan fingerprint density at radius 1 is 1.29 bits per heavy atom. The molecule has 1 aromatic carbocycles. The van der Waals surface area contributed by atoms with E-state index in [-0.39, 0.29) is 0 Å². The van der Waals surface area contributed by atoms with Gasteiger partial charge < -0.3 is 10.2 Å². The molecule has 0 spiro atoms. The maximum absolute atomic E-state index is 3.19. The number of nitrogens with zero attached hydrogens (tertiary/aromatic N) is 1. The lowest BCUT2D eigenvalue weighted by molar-refractivity contribution is 0.669. The summed E-state index contributed by atoms with van der Waals surface area (Å²) in [5, 5.41) is 3.19. The van der Waals surface area contributed by atoms with Crippen LogP contribution in [0.2, 0.25) is 0 Å². The molecule has 2 nitrogen and oxygen atoms in total. The highest BCUT2D eigenvalue weighted by Crippen LogP contribution is 2.23. The Morgan fingerprint density at radius 3 is 2.47 bits per heavy atom. The van der Waals surface area contributed by atoms with Crippen molar-refractivity contribution in [3.63, 3.8) is 0 Å². The molecule has 0 aromatic heterocycles. The van der Waals surface area contributed by atoms with E-state index >= 15 is 0 Å². The third-order valence-electron chi connectivity index (χ3n) is 3.04. The molecule has 0 aliphatic heterocycles. The average Bonchev–Trinajstić information content (AvgIpc) is 2.27. The summed E-state index contributed by atoms with van der Waals surface area (Å²) >= 11 is 0. The number of anilines is 1. The summed E-state index contributed by atoms with van der Waals surface area (Å²) in [5.74, 6) is 0. The molecule has 0 saturated heterocycles. The molecule has 0 aliphatic rings. The van der Waals surface area contributed by atoms with E-state index in [2.05, 4.69) is 56.1 Å². The van der Waals surface area contributed by atoms with Gasteiger partial charge in [-0.15, -0.1) is 0 Å². The van der Waals surface area contributed by atoms with Gasteiger partial charge in [-0.05, 0) is 51.4 Å². The van der Waals surface area contributed by atoms with Crippen LogP contribution in [0.25, 0.3) is 0 Å². The van der Waals surface area contributed by atoms with Crippen molar-refractivity contribution in [1.29, 1.82) is 0 Å². The van der Waals surface area contributed by atoms with Crippen LogP contribution in [0.5, 0.6) is 0 Å². The van der Waals surface area contributed by atoms with Crippen molar-refractivity contribution in [3.05, 3.63) is 29.3 Å². The van der Waals surface area contributed by atoms with Gasteiger partial charge in [-0.1, -0.05) is 19.1 Å². The van der Waals surface area contributed by atoms with E-state index in [9.17, 15) is 0 Å². The van der Waals surface area contributed by atoms with Crippen LogP contribution < -0.4 is 10.2 Å². The molecule has 1 rings (SSSR count). The summed E-state index contributed by atoms with van der Waals surface area (Å²) in [6, 6.07) is 7.34. The molecule has 0 unspecified atom stereocenters. The SMILES string of the molecule is CCCN(c1ccc(CNC)cc1C)C(C)C. The average molecular weight is 234 g/mol. The summed E-state index contributed by atoms with van der Waals surface area (Å²) in [6.45, 7) is 11.0. The topological polar surface area (TPSA) is 15.3 Å². The van der Waals surface area contributed by atoms with Gasteiger partial charge in [0, 0.05) is 24.8 Å². The smallest absolute Gasteiger partial charge is 0.0398 e. The number of rotatable bonds is 6. The largest absolute Gasteiger partial charge is 0.369 e. The summed E-state index contributed by atoms with van der Waals surface area (Å²) in [5.41, 5.74) is 4.11. The highest BCUT2D eigenvalue weighted by molar-refractivity contribution is 5.55. The predicted molar refractivity (Wildman–Crippen MR) is 76.7 cm³/mol. The minimum absolute atomic E-state index is 0.559. The van der Waals surface area contributed by atoms with Crippen molar-refractivity contribution in [3.8, 4) is 0 Å². The normalized spacial score (nSPS) is 10.9. The molecule has 2 heteroatoms. The van der Waals surface area contributed by atoms with Gasteiger partial charge in [0.15, 0.2) is 0 Å². The molecular formula is C15H26N2. The van der Waals surface area contributed by atoms with Gasteiger partial charge in [-0.3, -0.25) is 0 Å². The first-order valence-electron chi connectivity index (χ1n) is 6.60. The molecule has 96 valence electrons. The summed E-state index contributed by atoms with van der Waals surface area (Å²) < 4.78 is 0. The van der Waals surface area contributed by atoms with E-state index in [1.54, 1.807) is 0 Å². The Labute approximate surface area is 106 Å². The van der Waals surface area contributed by atoms with Crippen LogP contribution in [0.4, 0.5) is 5.69 Å². The lowest BCUT2D eigenvalue weighted by atomic mass is 10.1. The van der Waals surface area contributed by atoms with Gasteiger partial charge >= 0.3 is 0 Å². The molecular weight excluding hydrogens is 208 g/mol. The van der Waals surface area contributed by atoms with Crippen molar-refractivity contribution < 1.29 is 0 Å². The summed E-state index contributed by atoms with van der Waals surface area (Å²) in [4.78, 5) is 2.48. The van der Waals surface area contributed by atoms with E-state index in [0.29, 0.717) is 6.04 Å². The zero-order valence-electron chi connectivity index (χ0n) is 11.9. The number of hydrogen-bond donors (Lipinski definition) is 1. The quantitative estimate of drug-likeness (QED) is 0.812. The number of benzene rings is 1. The molecule has 17 heavy (non-hydrogen) atoms. The molecule has 0 fully saturated rings. The Bertz CT molecular complexity index is 345. The zero-order valence-corrected chi connectivity index (χ0v) is 11.9. The van der Waals surface area contributed by atoms with Crippen LogP contribution in [-0.4, -0.2) is 19.6 Å². The van der Waals surface area contributed by atoms with Crippen LogP contribution in [0.15, 0.2) is 18.2 Å². The lowest BCUT2D eigenvalue weighted by Crippen LogP contribution is -2.32. The third kappa shape index (κ3) is 3.74. The molecule has 0 atom stereocenters. The minimum atomic E-state index is 0.559. The summed E-state index contributed by atoms with van der Waals surface area (Å²) in [6.07, 6.45) is 1.19. The van der Waals surface area contributed by atoms with Crippen molar-refractivity contribution >= 4 is 5.69 Å². The number of hydrogen-bond acceptors (Lipinski definition) is 2. The molecule has 0 aliphatic carbocycles. The molecule has 1 aromatic rings. The Balaban J connectivity index is 2.95. The van der Waals surface area contributed by atoms with Crippen molar-refractivity contribution in [1.82, 2.24) is 5.32 Å². The standard InChI is InChI=1S/C15H26N2/c1-6-9-17(12(2)3)15-8-7-14(11-16-5)10-13(15)4/h7-8,10,12,16H,6,9,11H2,1-5H3. The maximum atomic E-state index is 3.19.